The number of ether oxygens (including phenoxy) is 1. The van der Waals surface area contributed by atoms with E-state index in [9.17, 15) is 20.0 Å². The van der Waals surface area contributed by atoms with Gasteiger partial charge < -0.3 is 15.2 Å². The molecule has 1 aliphatic heterocycles. The smallest absolute Gasteiger partial charge is 0.339 e. The second-order valence-electron chi connectivity index (χ2n) is 5.00. The molecule has 0 saturated carbocycles. The minimum Gasteiger partial charge on any atom is -0.506 e. The summed E-state index contributed by atoms with van der Waals surface area (Å²) in [6.45, 7) is 0. The van der Waals surface area contributed by atoms with Gasteiger partial charge in [0.25, 0.3) is 0 Å². The molecule has 0 amide bonds. The molecule has 2 aromatic rings. The standard InChI is InChI=1S/C16H11ClN2O5/c17-9-5-6-14(20)12(7-9)18-8-13(19(22)23)15-10-3-1-2-4-11(10)16(21)24-15/h1-8,15,18,20H. The van der Waals surface area contributed by atoms with Crippen molar-refractivity contribution >= 4 is 23.3 Å². The van der Waals surface area contributed by atoms with Gasteiger partial charge in [-0.3, -0.25) is 10.1 Å². The average molecular weight is 347 g/mol. The number of phenolic OH excluding ortho intramolecular Hbond substituents is 1. The maximum atomic E-state index is 11.8. The largest absolute Gasteiger partial charge is 0.506 e. The summed E-state index contributed by atoms with van der Waals surface area (Å²) in [4.78, 5) is 22.6. The van der Waals surface area contributed by atoms with Crippen LogP contribution in [0.2, 0.25) is 5.02 Å². The summed E-state index contributed by atoms with van der Waals surface area (Å²) in [5, 5.41) is 24.1. The number of anilines is 1. The summed E-state index contributed by atoms with van der Waals surface area (Å²) < 4.78 is 5.12. The molecule has 24 heavy (non-hydrogen) atoms. The molecule has 3 rings (SSSR count). The Morgan fingerprint density at radius 3 is 2.83 bits per heavy atom. The van der Waals surface area contributed by atoms with Gasteiger partial charge >= 0.3 is 11.7 Å². The van der Waals surface area contributed by atoms with Crippen LogP contribution in [0.1, 0.15) is 22.0 Å². The highest BCUT2D eigenvalue weighted by Gasteiger charge is 2.39. The first-order chi connectivity index (χ1) is 11.5. The molecule has 0 spiro atoms. The molecular formula is C16H11ClN2O5. The minimum atomic E-state index is -1.13. The fourth-order valence-electron chi connectivity index (χ4n) is 2.36. The summed E-state index contributed by atoms with van der Waals surface area (Å²) in [7, 11) is 0. The molecule has 2 N–H and O–H groups in total. The van der Waals surface area contributed by atoms with Gasteiger partial charge in [0, 0.05) is 10.6 Å². The van der Waals surface area contributed by atoms with E-state index in [2.05, 4.69) is 5.32 Å². The summed E-state index contributed by atoms with van der Waals surface area (Å²) in [5.74, 6) is -0.740. The summed E-state index contributed by atoms with van der Waals surface area (Å²) in [5.41, 5.74) is 0.538. The lowest BCUT2D eigenvalue weighted by Crippen LogP contribution is -2.12. The van der Waals surface area contributed by atoms with Gasteiger partial charge in [0.05, 0.1) is 22.4 Å². The molecule has 1 unspecified atom stereocenters. The Hall–Kier alpha value is -3.06. The van der Waals surface area contributed by atoms with Crippen molar-refractivity contribution < 1.29 is 19.6 Å². The van der Waals surface area contributed by atoms with Gasteiger partial charge in [-0.1, -0.05) is 29.8 Å². The van der Waals surface area contributed by atoms with E-state index in [1.165, 1.54) is 18.2 Å². The second-order valence-corrected chi connectivity index (χ2v) is 5.44. The Bertz CT molecular complexity index is 865. The minimum absolute atomic E-state index is 0.123. The molecule has 1 atom stereocenters. The Morgan fingerprint density at radius 2 is 2.08 bits per heavy atom. The monoisotopic (exact) mass is 346 g/mol. The first-order valence-corrected chi connectivity index (χ1v) is 7.24. The van der Waals surface area contributed by atoms with Crippen molar-refractivity contribution in [3.05, 3.63) is 80.6 Å². The van der Waals surface area contributed by atoms with Crippen molar-refractivity contribution in [3.63, 3.8) is 0 Å². The van der Waals surface area contributed by atoms with Crippen molar-refractivity contribution in [2.45, 2.75) is 6.10 Å². The maximum Gasteiger partial charge on any atom is 0.339 e. The summed E-state index contributed by atoms with van der Waals surface area (Å²) in [6, 6.07) is 10.7. The molecule has 0 aliphatic carbocycles. The maximum absolute atomic E-state index is 11.8. The van der Waals surface area contributed by atoms with Crippen LogP contribution in [0, 0.1) is 10.1 Å². The third kappa shape index (κ3) is 2.89. The van der Waals surface area contributed by atoms with E-state index >= 15 is 0 Å². The molecule has 7 nitrogen and oxygen atoms in total. The van der Waals surface area contributed by atoms with Crippen LogP contribution in [0.15, 0.2) is 54.4 Å². The Morgan fingerprint density at radius 1 is 1.33 bits per heavy atom. The highest BCUT2D eigenvalue weighted by Crippen LogP contribution is 2.36. The number of hydrogen-bond donors (Lipinski definition) is 2. The number of carbonyl (C=O) groups is 1. The van der Waals surface area contributed by atoms with Crippen LogP contribution in [0.25, 0.3) is 0 Å². The van der Waals surface area contributed by atoms with Crippen molar-refractivity contribution in [1.29, 1.82) is 0 Å². The van der Waals surface area contributed by atoms with E-state index in [-0.39, 0.29) is 17.1 Å². The summed E-state index contributed by atoms with van der Waals surface area (Å²) in [6.07, 6.45) is -0.0525. The molecule has 0 aromatic heterocycles. The SMILES string of the molecule is O=C1OC(C(=CNc2cc(Cl)ccc2O)[N+](=O)[O-])c2ccccc21. The van der Waals surface area contributed by atoms with E-state index in [0.29, 0.717) is 16.1 Å². The van der Waals surface area contributed by atoms with Gasteiger partial charge in [0.1, 0.15) is 5.75 Å². The zero-order chi connectivity index (χ0) is 17.3. The fourth-order valence-corrected chi connectivity index (χ4v) is 2.54. The van der Waals surface area contributed by atoms with Crippen LogP contribution in [0.5, 0.6) is 5.75 Å². The number of nitrogens with one attached hydrogen (secondary N) is 1. The number of cyclic esters (lactones) is 1. The number of nitro groups is 1. The number of esters is 1. The third-order valence-electron chi connectivity index (χ3n) is 3.50. The predicted molar refractivity (Wildman–Crippen MR) is 86.4 cm³/mol. The van der Waals surface area contributed by atoms with Gasteiger partial charge in [-0.2, -0.15) is 0 Å². The topological polar surface area (TPSA) is 102 Å². The lowest BCUT2D eigenvalue weighted by Gasteiger charge is -2.09. The number of nitrogens with zero attached hydrogens (tertiary/aromatic N) is 1. The number of phenols is 1. The number of rotatable bonds is 4. The zero-order valence-corrected chi connectivity index (χ0v) is 12.9. The lowest BCUT2D eigenvalue weighted by atomic mass is 10.0. The van der Waals surface area contributed by atoms with Gasteiger partial charge in [0.2, 0.25) is 6.10 Å². The fraction of sp³-hybridized carbons (Fsp3) is 0.0625. The van der Waals surface area contributed by atoms with Crippen LogP contribution in [0.3, 0.4) is 0 Å². The van der Waals surface area contributed by atoms with Gasteiger partial charge in [0.15, 0.2) is 0 Å². The van der Waals surface area contributed by atoms with Crippen molar-refractivity contribution in [2.24, 2.45) is 0 Å². The molecule has 1 aliphatic rings. The first-order valence-electron chi connectivity index (χ1n) is 6.87. The van der Waals surface area contributed by atoms with E-state index in [1.807, 2.05) is 0 Å². The van der Waals surface area contributed by atoms with Crippen molar-refractivity contribution in [3.8, 4) is 5.75 Å². The molecule has 1 heterocycles. The molecule has 2 aromatic carbocycles. The highest BCUT2D eigenvalue weighted by molar-refractivity contribution is 6.30. The molecule has 0 radical (unpaired) electrons. The normalized spacial score (nSPS) is 16.5. The zero-order valence-electron chi connectivity index (χ0n) is 12.1. The van der Waals surface area contributed by atoms with Crippen LogP contribution in [-0.4, -0.2) is 16.0 Å². The molecular weight excluding hydrogens is 336 g/mol. The molecule has 0 saturated heterocycles. The van der Waals surface area contributed by atoms with E-state index in [4.69, 9.17) is 16.3 Å². The Balaban J connectivity index is 1.95. The lowest BCUT2D eigenvalue weighted by molar-refractivity contribution is -0.436. The number of aromatic hydroxyl groups is 1. The number of benzene rings is 2. The molecule has 0 bridgehead atoms. The number of fused-ring (bicyclic) bond motifs is 1. The quantitative estimate of drug-likeness (QED) is 0.380. The number of carbonyl (C=O) groups excluding carboxylic acids is 1. The van der Waals surface area contributed by atoms with Crippen LogP contribution in [-0.2, 0) is 4.74 Å². The second kappa shape index (κ2) is 6.21. The molecule has 8 heteroatoms. The number of hydrogen-bond acceptors (Lipinski definition) is 6. The molecule has 0 fully saturated rings. The first kappa shape index (κ1) is 15.8. The van der Waals surface area contributed by atoms with E-state index in [1.54, 1.807) is 24.3 Å². The van der Waals surface area contributed by atoms with Gasteiger partial charge in [-0.25, -0.2) is 4.79 Å². The predicted octanol–water partition coefficient (Wildman–Crippen LogP) is 3.49. The van der Waals surface area contributed by atoms with Gasteiger partial charge in [-0.15, -0.1) is 0 Å². The van der Waals surface area contributed by atoms with Crippen LogP contribution >= 0.6 is 11.6 Å². The Kier molecular flexibility index (Phi) is 4.09. The molecule has 122 valence electrons. The summed E-state index contributed by atoms with van der Waals surface area (Å²) >= 11 is 5.83. The Labute approximate surface area is 141 Å². The van der Waals surface area contributed by atoms with Gasteiger partial charge in [-0.05, 0) is 24.3 Å². The third-order valence-corrected chi connectivity index (χ3v) is 3.74. The van der Waals surface area contributed by atoms with Crippen LogP contribution in [0.4, 0.5) is 5.69 Å². The number of halogens is 1. The van der Waals surface area contributed by atoms with Crippen LogP contribution < -0.4 is 5.32 Å². The average Bonchev–Trinajstić information content (AvgIpc) is 2.88. The van der Waals surface area contributed by atoms with E-state index in [0.717, 1.165) is 6.20 Å². The van der Waals surface area contributed by atoms with E-state index < -0.39 is 17.0 Å². The van der Waals surface area contributed by atoms with Crippen molar-refractivity contribution in [1.82, 2.24) is 0 Å². The highest BCUT2D eigenvalue weighted by atomic mass is 35.5. The van der Waals surface area contributed by atoms with Crippen molar-refractivity contribution in [2.75, 3.05) is 5.32 Å².